The van der Waals surface area contributed by atoms with E-state index in [0.717, 1.165) is 5.56 Å². The number of hydrogen-bond donors (Lipinski definition) is 2. The van der Waals surface area contributed by atoms with Crippen LogP contribution in [0, 0.1) is 5.92 Å². The van der Waals surface area contributed by atoms with E-state index in [1.165, 1.54) is 6.92 Å². The summed E-state index contributed by atoms with van der Waals surface area (Å²) in [6.07, 6.45) is 0.555. The van der Waals surface area contributed by atoms with E-state index in [1.807, 2.05) is 44.2 Å². The van der Waals surface area contributed by atoms with Gasteiger partial charge in [0.25, 0.3) is 0 Å². The van der Waals surface area contributed by atoms with E-state index in [9.17, 15) is 19.5 Å². The Balaban J connectivity index is 2.82. The molecule has 1 rings (SSSR count). The molecule has 0 spiro atoms. The summed E-state index contributed by atoms with van der Waals surface area (Å²) >= 11 is 0. The molecular formula is C17H23N2O4-. The molecule has 0 fully saturated rings. The first kappa shape index (κ1) is 18.7. The number of nitrogens with one attached hydrogen (secondary N) is 2. The number of carbonyl (C=O) groups is 3. The number of carboxylic acids is 1. The van der Waals surface area contributed by atoms with Crippen molar-refractivity contribution in [3.63, 3.8) is 0 Å². The summed E-state index contributed by atoms with van der Waals surface area (Å²) in [6, 6.07) is 7.30. The van der Waals surface area contributed by atoms with E-state index >= 15 is 0 Å². The maximum Gasteiger partial charge on any atom is 0.243 e. The Morgan fingerprint density at radius 2 is 1.65 bits per heavy atom. The SMILES string of the molecule is CC(=O)N[C@H](Cc1ccccc1)C(=O)N[C@@H](CC(C)C)C(=O)[O-]. The van der Waals surface area contributed by atoms with E-state index in [1.54, 1.807) is 0 Å². The van der Waals surface area contributed by atoms with Crippen LogP contribution in [0.15, 0.2) is 30.3 Å². The van der Waals surface area contributed by atoms with E-state index in [4.69, 9.17) is 0 Å². The largest absolute Gasteiger partial charge is 0.548 e. The average molecular weight is 319 g/mol. The van der Waals surface area contributed by atoms with Crippen molar-refractivity contribution in [3.8, 4) is 0 Å². The van der Waals surface area contributed by atoms with Crippen LogP contribution in [-0.4, -0.2) is 29.9 Å². The zero-order chi connectivity index (χ0) is 17.4. The van der Waals surface area contributed by atoms with Gasteiger partial charge in [-0.15, -0.1) is 0 Å². The molecule has 0 saturated carbocycles. The van der Waals surface area contributed by atoms with Crippen molar-refractivity contribution in [2.75, 3.05) is 0 Å². The molecule has 0 aliphatic heterocycles. The molecule has 6 heteroatoms. The predicted octanol–water partition coefficient (Wildman–Crippen LogP) is 0.0146. The fourth-order valence-electron chi connectivity index (χ4n) is 2.26. The molecular weight excluding hydrogens is 296 g/mol. The third-order valence-corrected chi connectivity index (χ3v) is 3.28. The topological polar surface area (TPSA) is 98.3 Å². The normalized spacial score (nSPS) is 13.2. The Kier molecular flexibility index (Phi) is 7.25. The molecule has 0 unspecified atom stereocenters. The van der Waals surface area contributed by atoms with Crippen LogP contribution in [0.3, 0.4) is 0 Å². The minimum absolute atomic E-state index is 0.0894. The molecule has 126 valence electrons. The zero-order valence-corrected chi connectivity index (χ0v) is 13.7. The van der Waals surface area contributed by atoms with E-state index in [0.29, 0.717) is 0 Å². The van der Waals surface area contributed by atoms with Gasteiger partial charge in [0.2, 0.25) is 11.8 Å². The van der Waals surface area contributed by atoms with Gasteiger partial charge >= 0.3 is 0 Å². The van der Waals surface area contributed by atoms with Crippen molar-refractivity contribution < 1.29 is 19.5 Å². The lowest BCUT2D eigenvalue weighted by Gasteiger charge is -2.25. The van der Waals surface area contributed by atoms with Gasteiger partial charge in [-0.1, -0.05) is 44.2 Å². The van der Waals surface area contributed by atoms with Gasteiger partial charge in [0.05, 0.1) is 12.0 Å². The number of aliphatic carboxylic acids is 1. The quantitative estimate of drug-likeness (QED) is 0.705. The molecule has 0 bridgehead atoms. The van der Waals surface area contributed by atoms with E-state index < -0.39 is 24.0 Å². The van der Waals surface area contributed by atoms with Gasteiger partial charge in [0, 0.05) is 13.3 Å². The Hall–Kier alpha value is -2.37. The molecule has 0 aromatic heterocycles. The summed E-state index contributed by atoms with van der Waals surface area (Å²) in [4.78, 5) is 34.8. The highest BCUT2D eigenvalue weighted by Gasteiger charge is 2.23. The van der Waals surface area contributed by atoms with Crippen molar-refractivity contribution in [1.29, 1.82) is 0 Å². The maximum atomic E-state index is 12.4. The van der Waals surface area contributed by atoms with Crippen LogP contribution in [-0.2, 0) is 20.8 Å². The van der Waals surface area contributed by atoms with Gasteiger partial charge in [-0.2, -0.15) is 0 Å². The van der Waals surface area contributed by atoms with Crippen LogP contribution in [0.4, 0.5) is 0 Å². The average Bonchev–Trinajstić information content (AvgIpc) is 2.45. The van der Waals surface area contributed by atoms with Crippen LogP contribution in [0.5, 0.6) is 0 Å². The van der Waals surface area contributed by atoms with Crippen LogP contribution < -0.4 is 15.7 Å². The molecule has 0 aliphatic rings. The minimum Gasteiger partial charge on any atom is -0.548 e. The van der Waals surface area contributed by atoms with Crippen LogP contribution >= 0.6 is 0 Å². The fourth-order valence-corrected chi connectivity index (χ4v) is 2.26. The smallest absolute Gasteiger partial charge is 0.243 e. The lowest BCUT2D eigenvalue weighted by atomic mass is 10.0. The molecule has 0 aliphatic carbocycles. The highest BCUT2D eigenvalue weighted by atomic mass is 16.4. The first-order chi connectivity index (χ1) is 10.8. The highest BCUT2D eigenvalue weighted by molar-refractivity contribution is 5.89. The fraction of sp³-hybridized carbons (Fsp3) is 0.471. The van der Waals surface area contributed by atoms with Crippen LogP contribution in [0.25, 0.3) is 0 Å². The molecule has 1 aromatic carbocycles. The summed E-state index contributed by atoms with van der Waals surface area (Å²) in [5.41, 5.74) is 0.871. The summed E-state index contributed by atoms with van der Waals surface area (Å²) in [7, 11) is 0. The third-order valence-electron chi connectivity index (χ3n) is 3.28. The second kappa shape index (κ2) is 8.92. The summed E-state index contributed by atoms with van der Waals surface area (Å²) in [5, 5.41) is 16.2. The molecule has 2 amide bonds. The van der Waals surface area contributed by atoms with E-state index in [2.05, 4.69) is 10.6 Å². The van der Waals surface area contributed by atoms with Gasteiger partial charge in [0.1, 0.15) is 6.04 Å². The second-order valence-corrected chi connectivity index (χ2v) is 5.95. The number of carboxylic acid groups (broad SMARTS) is 1. The van der Waals surface area contributed by atoms with Crippen molar-refractivity contribution in [1.82, 2.24) is 10.6 Å². The molecule has 0 heterocycles. The number of hydrogen-bond acceptors (Lipinski definition) is 4. The van der Waals surface area contributed by atoms with Crippen LogP contribution in [0.2, 0.25) is 0 Å². The molecule has 2 atom stereocenters. The monoisotopic (exact) mass is 319 g/mol. The Morgan fingerprint density at radius 3 is 2.13 bits per heavy atom. The standard InChI is InChI=1S/C17H24N2O4/c1-11(2)9-15(17(22)23)19-16(21)14(18-12(3)20)10-13-7-5-4-6-8-13/h4-8,11,14-15H,9-10H2,1-3H3,(H,18,20)(H,19,21)(H,22,23)/p-1/t14-,15+/m1/s1. The minimum atomic E-state index is -1.33. The van der Waals surface area contributed by atoms with Gasteiger partial charge in [-0.3, -0.25) is 9.59 Å². The highest BCUT2D eigenvalue weighted by Crippen LogP contribution is 2.07. The third kappa shape index (κ3) is 6.95. The molecule has 1 aromatic rings. The Morgan fingerprint density at radius 1 is 1.04 bits per heavy atom. The van der Waals surface area contributed by atoms with Gasteiger partial charge in [-0.25, -0.2) is 0 Å². The van der Waals surface area contributed by atoms with Gasteiger partial charge in [0.15, 0.2) is 0 Å². The van der Waals surface area contributed by atoms with E-state index in [-0.39, 0.29) is 24.7 Å². The lowest BCUT2D eigenvalue weighted by Crippen LogP contribution is -2.55. The molecule has 0 saturated heterocycles. The van der Waals surface area contributed by atoms with Crippen molar-refractivity contribution in [2.45, 2.75) is 45.7 Å². The maximum absolute atomic E-state index is 12.4. The first-order valence-corrected chi connectivity index (χ1v) is 7.61. The predicted molar refractivity (Wildman–Crippen MR) is 84.1 cm³/mol. The molecule has 2 N–H and O–H groups in total. The molecule has 6 nitrogen and oxygen atoms in total. The summed E-state index contributed by atoms with van der Waals surface area (Å²) < 4.78 is 0. The second-order valence-electron chi connectivity index (χ2n) is 5.95. The number of rotatable bonds is 8. The Labute approximate surface area is 136 Å². The molecule has 0 radical (unpaired) electrons. The van der Waals surface area contributed by atoms with Crippen LogP contribution in [0.1, 0.15) is 32.8 Å². The van der Waals surface area contributed by atoms with Crippen molar-refractivity contribution in [2.24, 2.45) is 5.92 Å². The first-order valence-electron chi connectivity index (χ1n) is 7.61. The number of amides is 2. The van der Waals surface area contributed by atoms with Crippen molar-refractivity contribution in [3.05, 3.63) is 35.9 Å². The lowest BCUT2D eigenvalue weighted by molar-refractivity contribution is -0.308. The number of benzene rings is 1. The van der Waals surface area contributed by atoms with Crippen molar-refractivity contribution >= 4 is 17.8 Å². The van der Waals surface area contributed by atoms with Gasteiger partial charge in [-0.05, 0) is 17.9 Å². The van der Waals surface area contributed by atoms with Gasteiger partial charge < -0.3 is 20.5 Å². The summed E-state index contributed by atoms with van der Waals surface area (Å²) in [6.45, 7) is 5.03. The molecule has 23 heavy (non-hydrogen) atoms. The zero-order valence-electron chi connectivity index (χ0n) is 13.7. The Bertz CT molecular complexity index is 543. The summed E-state index contributed by atoms with van der Waals surface area (Å²) in [5.74, 6) is -2.12. The number of carbonyl (C=O) groups excluding carboxylic acids is 3.